The number of likely N-dealkylation sites (N-methyl/N-ethyl adjacent to an activating group) is 1. The molecule has 1 amide bonds. The lowest BCUT2D eigenvalue weighted by Crippen LogP contribution is -2.46. The van der Waals surface area contributed by atoms with Crippen molar-refractivity contribution >= 4 is 47.6 Å². The van der Waals surface area contributed by atoms with Crippen molar-refractivity contribution in [3.05, 3.63) is 0 Å². The molecule has 0 aromatic heterocycles. The number of nitrogens with one attached hydrogen (secondary N) is 2. The molecule has 2 N–H and O–H groups in total. The summed E-state index contributed by atoms with van der Waals surface area (Å²) in [5.74, 6) is 0.754. The summed E-state index contributed by atoms with van der Waals surface area (Å²) in [6.07, 6.45) is 9.46. The van der Waals surface area contributed by atoms with Gasteiger partial charge in [-0.05, 0) is 44.8 Å². The largest absolute Gasteiger partial charge is 0.376 e. The zero-order valence-electron chi connectivity index (χ0n) is 15.6. The van der Waals surface area contributed by atoms with Gasteiger partial charge in [0.15, 0.2) is 5.96 Å². The fraction of sp³-hybridized carbons (Fsp3) is 0.882. The molecule has 8 heteroatoms. The maximum absolute atomic E-state index is 11.8. The summed E-state index contributed by atoms with van der Waals surface area (Å²) >= 11 is 1.94. The van der Waals surface area contributed by atoms with Crippen molar-refractivity contribution < 1.29 is 9.53 Å². The molecular formula is C17H33IN4O2S. The van der Waals surface area contributed by atoms with Crippen LogP contribution in [0.3, 0.4) is 0 Å². The topological polar surface area (TPSA) is 66.0 Å². The Morgan fingerprint density at radius 3 is 2.68 bits per heavy atom. The Labute approximate surface area is 173 Å². The number of guanidine groups is 1. The zero-order chi connectivity index (χ0) is 17.4. The second kappa shape index (κ2) is 12.2. The van der Waals surface area contributed by atoms with Gasteiger partial charge in [0, 0.05) is 38.5 Å². The quantitative estimate of drug-likeness (QED) is 0.344. The monoisotopic (exact) mass is 484 g/mol. The molecule has 2 fully saturated rings. The summed E-state index contributed by atoms with van der Waals surface area (Å²) in [4.78, 5) is 17.9. The predicted octanol–water partition coefficient (Wildman–Crippen LogP) is 2.08. The van der Waals surface area contributed by atoms with Gasteiger partial charge in [0.1, 0.15) is 6.54 Å². The van der Waals surface area contributed by atoms with Gasteiger partial charge >= 0.3 is 0 Å². The first-order valence-electron chi connectivity index (χ1n) is 8.98. The summed E-state index contributed by atoms with van der Waals surface area (Å²) in [7, 11) is 3.52. The summed E-state index contributed by atoms with van der Waals surface area (Å²) in [5, 5.41) is 7.62. The van der Waals surface area contributed by atoms with E-state index in [9.17, 15) is 4.79 Å². The number of aliphatic imine (C=N–C) groups is 1. The standard InChI is InChI=1S/C17H32N4O2S.HI/c1-21(2)16(22)12-19-17(18-11-14-6-4-5-9-23-14)20-13-7-8-15(10-13)24-3;/h13-15H,4-12H2,1-3H3,(H2,18,19,20);1H. The fourth-order valence-corrected chi connectivity index (χ4v) is 3.89. The highest BCUT2D eigenvalue weighted by Gasteiger charge is 2.25. The van der Waals surface area contributed by atoms with Gasteiger partial charge in [0.2, 0.25) is 5.91 Å². The number of carbonyl (C=O) groups is 1. The molecule has 0 bridgehead atoms. The molecule has 1 heterocycles. The van der Waals surface area contributed by atoms with Crippen molar-refractivity contribution in [3.8, 4) is 0 Å². The number of nitrogens with zero attached hydrogens (tertiary/aromatic N) is 2. The first-order valence-corrected chi connectivity index (χ1v) is 10.3. The Morgan fingerprint density at radius 2 is 2.08 bits per heavy atom. The van der Waals surface area contributed by atoms with Crippen LogP contribution in [-0.4, -0.2) is 74.2 Å². The van der Waals surface area contributed by atoms with Crippen molar-refractivity contribution in [1.82, 2.24) is 15.5 Å². The number of rotatable bonds is 6. The van der Waals surface area contributed by atoms with Crippen LogP contribution in [0.4, 0.5) is 0 Å². The van der Waals surface area contributed by atoms with Crippen LogP contribution >= 0.6 is 35.7 Å². The highest BCUT2D eigenvalue weighted by molar-refractivity contribution is 14.0. The number of halogens is 1. The zero-order valence-corrected chi connectivity index (χ0v) is 18.8. The lowest BCUT2D eigenvalue weighted by atomic mass is 10.1. The van der Waals surface area contributed by atoms with Gasteiger partial charge in [-0.15, -0.1) is 24.0 Å². The molecule has 1 aliphatic heterocycles. The second-order valence-electron chi connectivity index (χ2n) is 6.83. The summed E-state index contributed by atoms with van der Waals surface area (Å²) < 4.78 is 5.77. The number of hydrogen-bond acceptors (Lipinski definition) is 4. The third kappa shape index (κ3) is 8.34. The van der Waals surface area contributed by atoms with Crippen LogP contribution in [-0.2, 0) is 9.53 Å². The fourth-order valence-electron chi connectivity index (χ4n) is 3.10. The minimum Gasteiger partial charge on any atom is -0.376 e. The van der Waals surface area contributed by atoms with Crippen LogP contribution in [0.15, 0.2) is 4.99 Å². The molecule has 6 nitrogen and oxygen atoms in total. The van der Waals surface area contributed by atoms with Crippen molar-refractivity contribution in [2.75, 3.05) is 40.0 Å². The van der Waals surface area contributed by atoms with Crippen LogP contribution in [0.2, 0.25) is 0 Å². The Hall–Kier alpha value is -0.220. The van der Waals surface area contributed by atoms with Crippen LogP contribution in [0.25, 0.3) is 0 Å². The molecule has 0 aromatic rings. The summed E-state index contributed by atoms with van der Waals surface area (Å²) in [5.41, 5.74) is 0. The van der Waals surface area contributed by atoms with Crippen LogP contribution < -0.4 is 10.6 Å². The minimum atomic E-state index is 0. The maximum Gasteiger partial charge on any atom is 0.243 e. The Bertz CT molecular complexity index is 431. The van der Waals surface area contributed by atoms with E-state index < -0.39 is 0 Å². The van der Waals surface area contributed by atoms with E-state index >= 15 is 0 Å². The average molecular weight is 484 g/mol. The van der Waals surface area contributed by atoms with Crippen LogP contribution in [0, 0.1) is 0 Å². The first-order chi connectivity index (χ1) is 11.6. The SMILES string of the molecule is CSC1CCC(NC(=NCC(=O)N(C)C)NCC2CCCCO2)C1.I. The maximum atomic E-state index is 11.8. The average Bonchev–Trinajstić information content (AvgIpc) is 3.05. The van der Waals surface area contributed by atoms with Crippen molar-refractivity contribution in [1.29, 1.82) is 0 Å². The van der Waals surface area contributed by atoms with E-state index in [1.807, 2.05) is 11.8 Å². The lowest BCUT2D eigenvalue weighted by Gasteiger charge is -2.25. The Balaban J connectivity index is 0.00000312. The van der Waals surface area contributed by atoms with E-state index in [1.165, 1.54) is 12.8 Å². The Kier molecular flexibility index (Phi) is 11.2. The summed E-state index contributed by atoms with van der Waals surface area (Å²) in [6, 6.07) is 0.440. The van der Waals surface area contributed by atoms with Gasteiger partial charge in [-0.1, -0.05) is 0 Å². The molecule has 25 heavy (non-hydrogen) atoms. The molecule has 1 saturated heterocycles. The van der Waals surface area contributed by atoms with Gasteiger partial charge in [-0.25, -0.2) is 4.99 Å². The predicted molar refractivity (Wildman–Crippen MR) is 116 cm³/mol. The van der Waals surface area contributed by atoms with Gasteiger partial charge < -0.3 is 20.3 Å². The van der Waals surface area contributed by atoms with Gasteiger partial charge in [0.05, 0.1) is 6.10 Å². The highest BCUT2D eigenvalue weighted by atomic mass is 127. The molecule has 0 aromatic carbocycles. The van der Waals surface area contributed by atoms with Gasteiger partial charge in [-0.3, -0.25) is 4.79 Å². The number of hydrogen-bond donors (Lipinski definition) is 2. The molecule has 2 aliphatic rings. The number of carbonyl (C=O) groups excluding carboxylic acids is 1. The number of ether oxygens (including phenoxy) is 1. The molecule has 3 unspecified atom stereocenters. The van der Waals surface area contributed by atoms with Crippen molar-refractivity contribution in [2.45, 2.75) is 55.9 Å². The second-order valence-corrected chi connectivity index (χ2v) is 7.97. The van der Waals surface area contributed by atoms with Gasteiger partial charge in [-0.2, -0.15) is 11.8 Å². The van der Waals surface area contributed by atoms with E-state index in [-0.39, 0.29) is 42.5 Å². The normalized spacial score (nSPS) is 26.7. The van der Waals surface area contributed by atoms with Crippen molar-refractivity contribution in [2.24, 2.45) is 4.99 Å². The molecule has 3 atom stereocenters. The molecule has 0 spiro atoms. The molecule has 2 rings (SSSR count). The first kappa shape index (κ1) is 22.8. The smallest absolute Gasteiger partial charge is 0.243 e. The minimum absolute atomic E-state index is 0. The summed E-state index contributed by atoms with van der Waals surface area (Å²) in [6.45, 7) is 1.77. The van der Waals surface area contributed by atoms with E-state index in [1.54, 1.807) is 19.0 Å². The van der Waals surface area contributed by atoms with Gasteiger partial charge in [0.25, 0.3) is 0 Å². The third-order valence-electron chi connectivity index (χ3n) is 4.70. The van der Waals surface area contributed by atoms with E-state index in [0.717, 1.165) is 50.0 Å². The molecule has 0 radical (unpaired) electrons. The van der Waals surface area contributed by atoms with Crippen LogP contribution in [0.1, 0.15) is 38.5 Å². The van der Waals surface area contributed by atoms with E-state index in [0.29, 0.717) is 6.04 Å². The molecule has 1 saturated carbocycles. The molecule has 146 valence electrons. The third-order valence-corrected chi connectivity index (χ3v) is 5.80. The van der Waals surface area contributed by atoms with Crippen molar-refractivity contribution in [3.63, 3.8) is 0 Å². The van der Waals surface area contributed by atoms with E-state index in [4.69, 9.17) is 4.74 Å². The lowest BCUT2D eigenvalue weighted by molar-refractivity contribution is -0.127. The Morgan fingerprint density at radius 1 is 1.28 bits per heavy atom. The number of thioether (sulfide) groups is 1. The van der Waals surface area contributed by atoms with E-state index in [2.05, 4.69) is 21.9 Å². The molecular weight excluding hydrogens is 451 g/mol. The number of amides is 1. The molecule has 1 aliphatic carbocycles. The highest BCUT2D eigenvalue weighted by Crippen LogP contribution is 2.28. The van der Waals surface area contributed by atoms with Crippen LogP contribution in [0.5, 0.6) is 0 Å².